The molecule has 6 nitrogen and oxygen atoms in total. The van der Waals surface area contributed by atoms with E-state index >= 15 is 0 Å². The maximum absolute atomic E-state index is 11.3. The second kappa shape index (κ2) is 3.80. The van der Waals surface area contributed by atoms with Crippen molar-refractivity contribution in [1.29, 1.82) is 0 Å². The highest BCUT2D eigenvalue weighted by Crippen LogP contribution is 2.18. The molecule has 1 aliphatic rings. The third-order valence-corrected chi connectivity index (χ3v) is 2.42. The van der Waals surface area contributed by atoms with E-state index in [-0.39, 0.29) is 6.03 Å². The van der Waals surface area contributed by atoms with Crippen molar-refractivity contribution in [1.82, 2.24) is 20.4 Å². The van der Waals surface area contributed by atoms with Gasteiger partial charge in [0.1, 0.15) is 5.82 Å². The summed E-state index contributed by atoms with van der Waals surface area (Å²) in [5.74, 6) is 0.585. The van der Waals surface area contributed by atoms with Gasteiger partial charge in [-0.15, -0.1) is 0 Å². The highest BCUT2D eigenvalue weighted by molar-refractivity contribution is 5.74. The van der Waals surface area contributed by atoms with Gasteiger partial charge in [-0.2, -0.15) is 5.10 Å². The van der Waals surface area contributed by atoms with E-state index in [9.17, 15) is 4.79 Å². The molecule has 0 bridgehead atoms. The third-order valence-electron chi connectivity index (χ3n) is 2.42. The Balaban J connectivity index is 1.81. The molecule has 0 saturated heterocycles. The quantitative estimate of drug-likeness (QED) is 0.653. The van der Waals surface area contributed by atoms with Crippen molar-refractivity contribution >= 4 is 11.8 Å². The zero-order valence-electron chi connectivity index (χ0n) is 8.66. The van der Waals surface area contributed by atoms with E-state index < -0.39 is 0 Å². The number of nitrogen functional groups attached to an aromatic ring is 1. The fourth-order valence-electron chi connectivity index (χ4n) is 1.27. The second-order valence-corrected chi connectivity index (χ2v) is 3.78. The molecule has 4 N–H and O–H groups in total. The number of nitrogens with two attached hydrogens (primary N) is 1. The van der Waals surface area contributed by atoms with E-state index in [2.05, 4.69) is 15.7 Å². The summed E-state index contributed by atoms with van der Waals surface area (Å²) < 4.78 is 1.58. The molecule has 0 spiro atoms. The van der Waals surface area contributed by atoms with Gasteiger partial charge in [-0.3, -0.25) is 4.68 Å². The molecule has 1 aliphatic carbocycles. The maximum atomic E-state index is 11.3. The van der Waals surface area contributed by atoms with Crippen LogP contribution in [-0.4, -0.2) is 21.9 Å². The van der Waals surface area contributed by atoms with Crippen LogP contribution in [0, 0.1) is 0 Å². The van der Waals surface area contributed by atoms with Crippen LogP contribution in [0.25, 0.3) is 0 Å². The SMILES string of the molecule is Cn1ncc(CNC(=O)NC2CC2)c1N. The topological polar surface area (TPSA) is 85.0 Å². The van der Waals surface area contributed by atoms with Gasteiger partial charge >= 0.3 is 6.03 Å². The summed E-state index contributed by atoms with van der Waals surface area (Å²) in [7, 11) is 1.77. The fourth-order valence-corrected chi connectivity index (χ4v) is 1.27. The van der Waals surface area contributed by atoms with Crippen molar-refractivity contribution in [3.05, 3.63) is 11.8 Å². The summed E-state index contributed by atoms with van der Waals surface area (Å²) >= 11 is 0. The number of nitrogens with zero attached hydrogens (tertiary/aromatic N) is 2. The Bertz CT molecular complexity index is 369. The molecule has 0 atom stereocenters. The van der Waals surface area contributed by atoms with Crippen molar-refractivity contribution in [2.45, 2.75) is 25.4 Å². The van der Waals surface area contributed by atoms with Gasteiger partial charge in [0.25, 0.3) is 0 Å². The molecular weight excluding hydrogens is 194 g/mol. The predicted molar refractivity (Wildman–Crippen MR) is 56.0 cm³/mol. The first-order valence-electron chi connectivity index (χ1n) is 4.97. The number of amides is 2. The van der Waals surface area contributed by atoms with Crippen LogP contribution in [-0.2, 0) is 13.6 Å². The first-order valence-corrected chi connectivity index (χ1v) is 4.97. The van der Waals surface area contributed by atoms with Crippen LogP contribution < -0.4 is 16.4 Å². The van der Waals surface area contributed by atoms with Crippen LogP contribution in [0.2, 0.25) is 0 Å². The summed E-state index contributed by atoms with van der Waals surface area (Å²) in [4.78, 5) is 11.3. The molecule has 1 heterocycles. The summed E-state index contributed by atoms with van der Waals surface area (Å²) in [5, 5.41) is 9.56. The molecule has 0 radical (unpaired) electrons. The zero-order chi connectivity index (χ0) is 10.8. The van der Waals surface area contributed by atoms with Crippen molar-refractivity contribution in [2.24, 2.45) is 7.05 Å². The van der Waals surface area contributed by atoms with Gasteiger partial charge in [-0.1, -0.05) is 0 Å². The lowest BCUT2D eigenvalue weighted by Crippen LogP contribution is -2.36. The fraction of sp³-hybridized carbons (Fsp3) is 0.556. The molecule has 0 aromatic carbocycles. The molecule has 0 aliphatic heterocycles. The molecule has 1 aromatic rings. The van der Waals surface area contributed by atoms with Crippen LogP contribution in [0.4, 0.5) is 10.6 Å². The molecule has 1 saturated carbocycles. The van der Waals surface area contributed by atoms with Crippen LogP contribution in [0.15, 0.2) is 6.20 Å². The van der Waals surface area contributed by atoms with E-state index in [1.807, 2.05) is 0 Å². The number of aryl methyl sites for hydroxylation is 1. The molecule has 6 heteroatoms. The van der Waals surface area contributed by atoms with Gasteiger partial charge in [0.05, 0.1) is 6.20 Å². The Morgan fingerprint density at radius 2 is 2.47 bits per heavy atom. The van der Waals surface area contributed by atoms with E-state index in [1.165, 1.54) is 0 Å². The minimum Gasteiger partial charge on any atom is -0.384 e. The summed E-state index contributed by atoms with van der Waals surface area (Å²) in [5.41, 5.74) is 6.57. The van der Waals surface area contributed by atoms with Crippen molar-refractivity contribution in [2.75, 3.05) is 5.73 Å². The number of anilines is 1. The Hall–Kier alpha value is -1.72. The first-order chi connectivity index (χ1) is 7.16. The highest BCUT2D eigenvalue weighted by Gasteiger charge is 2.23. The third kappa shape index (κ3) is 2.39. The van der Waals surface area contributed by atoms with E-state index in [0.29, 0.717) is 18.4 Å². The molecule has 2 amide bonds. The van der Waals surface area contributed by atoms with Gasteiger partial charge in [0, 0.05) is 25.2 Å². The number of hydrogen-bond acceptors (Lipinski definition) is 3. The van der Waals surface area contributed by atoms with Crippen molar-refractivity contribution in [3.63, 3.8) is 0 Å². The summed E-state index contributed by atoms with van der Waals surface area (Å²) in [6, 6.07) is 0.233. The van der Waals surface area contributed by atoms with Crippen LogP contribution in [0.5, 0.6) is 0 Å². The minimum absolute atomic E-state index is 0.138. The van der Waals surface area contributed by atoms with Crippen LogP contribution >= 0.6 is 0 Å². The summed E-state index contributed by atoms with van der Waals surface area (Å²) in [6.45, 7) is 0.415. The predicted octanol–water partition coefficient (Wildman–Crippen LogP) is -0.0361. The van der Waals surface area contributed by atoms with E-state index in [4.69, 9.17) is 5.73 Å². The Morgan fingerprint density at radius 1 is 1.73 bits per heavy atom. The summed E-state index contributed by atoms with van der Waals surface area (Å²) in [6.07, 6.45) is 3.83. The second-order valence-electron chi connectivity index (χ2n) is 3.78. The lowest BCUT2D eigenvalue weighted by molar-refractivity contribution is 0.240. The standard InChI is InChI=1S/C9H15N5O/c1-14-8(10)6(5-12-14)4-11-9(15)13-7-2-3-7/h5,7H,2-4,10H2,1H3,(H2,11,13,15). The molecule has 82 valence electrons. The van der Waals surface area contributed by atoms with Gasteiger partial charge in [0.15, 0.2) is 0 Å². The molecular formula is C9H15N5O. The Labute approximate surface area is 87.8 Å². The van der Waals surface area contributed by atoms with Gasteiger partial charge in [0.2, 0.25) is 0 Å². The number of nitrogens with one attached hydrogen (secondary N) is 2. The Kier molecular flexibility index (Phi) is 2.49. The monoisotopic (exact) mass is 209 g/mol. The minimum atomic E-state index is -0.138. The lowest BCUT2D eigenvalue weighted by Gasteiger charge is -2.05. The van der Waals surface area contributed by atoms with Crippen molar-refractivity contribution in [3.8, 4) is 0 Å². The van der Waals surface area contributed by atoms with Crippen LogP contribution in [0.1, 0.15) is 18.4 Å². The van der Waals surface area contributed by atoms with Crippen LogP contribution in [0.3, 0.4) is 0 Å². The van der Waals surface area contributed by atoms with Gasteiger partial charge in [-0.25, -0.2) is 4.79 Å². The average Bonchev–Trinajstić information content (AvgIpc) is 2.95. The number of urea groups is 1. The first kappa shape index (κ1) is 9.82. The lowest BCUT2D eigenvalue weighted by atomic mass is 10.3. The van der Waals surface area contributed by atoms with Gasteiger partial charge < -0.3 is 16.4 Å². The number of aromatic nitrogens is 2. The van der Waals surface area contributed by atoms with Gasteiger partial charge in [-0.05, 0) is 12.8 Å². The normalized spacial score (nSPS) is 15.0. The highest BCUT2D eigenvalue weighted by atomic mass is 16.2. The molecule has 1 fully saturated rings. The number of carbonyl (C=O) groups excluding carboxylic acids is 1. The molecule has 15 heavy (non-hydrogen) atoms. The molecule has 2 rings (SSSR count). The Morgan fingerprint density at radius 3 is 3.00 bits per heavy atom. The molecule has 1 aromatic heterocycles. The average molecular weight is 209 g/mol. The maximum Gasteiger partial charge on any atom is 0.315 e. The van der Waals surface area contributed by atoms with Crippen molar-refractivity contribution < 1.29 is 4.79 Å². The van der Waals surface area contributed by atoms with E-state index in [1.54, 1.807) is 17.9 Å². The number of hydrogen-bond donors (Lipinski definition) is 3. The zero-order valence-corrected chi connectivity index (χ0v) is 8.66. The smallest absolute Gasteiger partial charge is 0.315 e. The molecule has 0 unspecified atom stereocenters. The number of rotatable bonds is 3. The van der Waals surface area contributed by atoms with E-state index in [0.717, 1.165) is 18.4 Å². The number of carbonyl (C=O) groups is 1. The largest absolute Gasteiger partial charge is 0.384 e.